The molecule has 0 fully saturated rings. The predicted octanol–water partition coefficient (Wildman–Crippen LogP) is 1.47. The van der Waals surface area contributed by atoms with Crippen LogP contribution in [0.5, 0.6) is 0 Å². The van der Waals surface area contributed by atoms with Crippen molar-refractivity contribution < 1.29 is 21.7 Å². The van der Waals surface area contributed by atoms with Crippen LogP contribution >= 0.6 is 11.6 Å². The van der Waals surface area contributed by atoms with Crippen LogP contribution in [0.4, 0.5) is 0 Å². The zero-order chi connectivity index (χ0) is 15.1. The van der Waals surface area contributed by atoms with E-state index in [4.69, 9.17) is 11.6 Å². The Kier molecular flexibility index (Phi) is 7.17. The molecule has 0 heterocycles. The van der Waals surface area contributed by atoms with E-state index in [1.54, 1.807) is 6.21 Å². The molecule has 1 aromatic carbocycles. The second-order valence-electron chi connectivity index (χ2n) is 4.28. The molecule has 108 valence electrons. The van der Waals surface area contributed by atoms with E-state index < -0.39 is 10.4 Å². The summed E-state index contributed by atoms with van der Waals surface area (Å²) in [4.78, 5) is 0. The zero-order valence-corrected chi connectivity index (χ0v) is 12.8. The molecule has 0 aromatic heterocycles. The topological polar surface area (TPSA) is 78.8 Å². The van der Waals surface area contributed by atoms with E-state index in [9.17, 15) is 13.0 Å². The van der Waals surface area contributed by atoms with E-state index in [-0.39, 0.29) is 0 Å². The summed E-state index contributed by atoms with van der Waals surface area (Å²) < 4.78 is 31.6. The van der Waals surface area contributed by atoms with E-state index in [0.29, 0.717) is 4.59 Å². The minimum atomic E-state index is -4.41. The maximum atomic E-state index is 9.22. The van der Waals surface area contributed by atoms with Crippen LogP contribution in [0.25, 0.3) is 0 Å². The third kappa shape index (κ3) is 10.6. The van der Waals surface area contributed by atoms with Gasteiger partial charge < -0.3 is 4.55 Å². The van der Waals surface area contributed by atoms with Gasteiger partial charge in [0.25, 0.3) is 0 Å². The Morgan fingerprint density at radius 1 is 1.32 bits per heavy atom. The Bertz CT molecular complexity index is 524. The van der Waals surface area contributed by atoms with Gasteiger partial charge >= 0.3 is 0 Å². The molecule has 0 aliphatic heterocycles. The lowest BCUT2D eigenvalue weighted by molar-refractivity contribution is -0.876. The highest BCUT2D eigenvalue weighted by Crippen LogP contribution is 2.12. The largest absolute Gasteiger partial charge is 0.726 e. The van der Waals surface area contributed by atoms with Gasteiger partial charge in [0.2, 0.25) is 10.4 Å². The van der Waals surface area contributed by atoms with Crippen molar-refractivity contribution in [1.82, 2.24) is 0 Å². The molecular formula is C11H17ClN2O4S. The van der Waals surface area contributed by atoms with Crippen molar-refractivity contribution in [3.63, 3.8) is 0 Å². The SMILES string of the molecule is COS(=O)(=O)[O-].C[N+](C)(C)/N=C/c1ccccc1Cl. The molecule has 0 unspecified atom stereocenters. The average Bonchev–Trinajstić information content (AvgIpc) is 2.27. The summed E-state index contributed by atoms with van der Waals surface area (Å²) in [5, 5.41) is 5.05. The molecule has 0 bridgehead atoms. The maximum absolute atomic E-state index is 9.22. The zero-order valence-electron chi connectivity index (χ0n) is 11.2. The Labute approximate surface area is 118 Å². The van der Waals surface area contributed by atoms with Crippen molar-refractivity contribution in [3.05, 3.63) is 34.9 Å². The van der Waals surface area contributed by atoms with E-state index in [1.807, 2.05) is 45.4 Å². The minimum Gasteiger partial charge on any atom is -0.726 e. The number of halogens is 1. The number of hydrogen-bond acceptors (Lipinski definition) is 5. The first kappa shape index (κ1) is 18.0. The van der Waals surface area contributed by atoms with Crippen molar-refractivity contribution >= 4 is 28.2 Å². The van der Waals surface area contributed by atoms with Crippen LogP contribution in [0.15, 0.2) is 29.4 Å². The first-order valence-corrected chi connectivity index (χ1v) is 6.89. The van der Waals surface area contributed by atoms with Crippen LogP contribution in [0, 0.1) is 0 Å². The maximum Gasteiger partial charge on any atom is 0.217 e. The van der Waals surface area contributed by atoms with Crippen LogP contribution < -0.4 is 0 Å². The Hall–Kier alpha value is -0.990. The normalized spacial score (nSPS) is 12.1. The lowest BCUT2D eigenvalue weighted by atomic mass is 10.2. The molecule has 0 N–H and O–H groups in total. The fraction of sp³-hybridized carbons (Fsp3) is 0.364. The van der Waals surface area contributed by atoms with Gasteiger partial charge in [-0.15, -0.1) is 0 Å². The monoisotopic (exact) mass is 308 g/mol. The minimum absolute atomic E-state index is 0.547. The molecule has 6 nitrogen and oxygen atoms in total. The molecule has 0 saturated heterocycles. The summed E-state index contributed by atoms with van der Waals surface area (Å²) in [6.45, 7) is 0. The number of nitrogens with zero attached hydrogens (tertiary/aromatic N) is 2. The molecule has 1 rings (SSSR count). The Morgan fingerprint density at radius 2 is 1.79 bits per heavy atom. The quantitative estimate of drug-likeness (QED) is 0.278. The molecule has 0 spiro atoms. The fourth-order valence-corrected chi connectivity index (χ4v) is 1.000. The molecule has 0 aliphatic rings. The van der Waals surface area contributed by atoms with Crippen LogP contribution in [0.2, 0.25) is 5.02 Å². The molecule has 0 radical (unpaired) electrons. The molecule has 8 heteroatoms. The number of rotatable bonds is 3. The Balaban J connectivity index is 0.000000459. The Morgan fingerprint density at radius 3 is 2.16 bits per heavy atom. The van der Waals surface area contributed by atoms with Crippen molar-refractivity contribution in [1.29, 1.82) is 0 Å². The van der Waals surface area contributed by atoms with Crippen molar-refractivity contribution in [3.8, 4) is 0 Å². The van der Waals surface area contributed by atoms with Crippen LogP contribution in [-0.4, -0.2) is 52.0 Å². The van der Waals surface area contributed by atoms with Crippen LogP contribution in [0.3, 0.4) is 0 Å². The van der Waals surface area contributed by atoms with Gasteiger partial charge in [0.1, 0.15) is 0 Å². The van der Waals surface area contributed by atoms with Gasteiger partial charge in [-0.1, -0.05) is 34.9 Å². The highest BCUT2D eigenvalue weighted by atomic mass is 35.5. The number of benzene rings is 1. The first-order chi connectivity index (χ1) is 8.55. The summed E-state index contributed by atoms with van der Waals surface area (Å²) in [6, 6.07) is 7.66. The number of quaternary nitrogens is 1. The van der Waals surface area contributed by atoms with E-state index in [0.717, 1.165) is 17.7 Å². The summed E-state index contributed by atoms with van der Waals surface area (Å²) in [7, 11) is 2.38. The van der Waals surface area contributed by atoms with Gasteiger partial charge in [0.05, 0.1) is 34.5 Å². The predicted molar refractivity (Wildman–Crippen MR) is 73.8 cm³/mol. The fourth-order valence-electron chi connectivity index (χ4n) is 0.815. The van der Waals surface area contributed by atoms with E-state index >= 15 is 0 Å². The second-order valence-corrected chi connectivity index (χ2v) is 5.84. The smallest absolute Gasteiger partial charge is 0.217 e. The first-order valence-electron chi connectivity index (χ1n) is 5.18. The third-order valence-electron chi connectivity index (χ3n) is 1.65. The second kappa shape index (κ2) is 7.56. The van der Waals surface area contributed by atoms with E-state index in [2.05, 4.69) is 9.28 Å². The molecule has 0 aliphatic carbocycles. The molecule has 1 aromatic rings. The van der Waals surface area contributed by atoms with E-state index in [1.165, 1.54) is 0 Å². The third-order valence-corrected chi connectivity index (χ3v) is 2.41. The van der Waals surface area contributed by atoms with Gasteiger partial charge in [0.15, 0.2) is 0 Å². The highest BCUT2D eigenvalue weighted by molar-refractivity contribution is 7.80. The summed E-state index contributed by atoms with van der Waals surface area (Å²) >= 11 is 5.95. The molecular weight excluding hydrogens is 292 g/mol. The van der Waals surface area contributed by atoms with Crippen LogP contribution in [0.1, 0.15) is 5.56 Å². The standard InChI is InChI=1S/C10H14ClN2.CH4O4S/c1-13(2,3)12-8-9-6-4-5-7-10(9)11;1-5-6(2,3)4/h4-8H,1-3H3;1H3,(H,2,3,4)/q+1;/p-1/b12-8+;. The van der Waals surface area contributed by atoms with Gasteiger partial charge in [-0.3, -0.25) is 4.18 Å². The van der Waals surface area contributed by atoms with Crippen molar-refractivity contribution in [2.24, 2.45) is 5.10 Å². The van der Waals surface area contributed by atoms with Gasteiger partial charge in [-0.2, -0.15) is 0 Å². The van der Waals surface area contributed by atoms with Crippen molar-refractivity contribution in [2.75, 3.05) is 28.3 Å². The van der Waals surface area contributed by atoms with Gasteiger partial charge in [-0.05, 0) is 6.07 Å². The van der Waals surface area contributed by atoms with Gasteiger partial charge in [-0.25, -0.2) is 13.0 Å². The summed E-state index contributed by atoms with van der Waals surface area (Å²) in [5.74, 6) is 0. The lowest BCUT2D eigenvalue weighted by Gasteiger charge is -2.14. The average molecular weight is 309 g/mol. The molecule has 19 heavy (non-hydrogen) atoms. The van der Waals surface area contributed by atoms with Crippen molar-refractivity contribution in [2.45, 2.75) is 0 Å². The summed E-state index contributed by atoms with van der Waals surface area (Å²) in [5.41, 5.74) is 0.956. The summed E-state index contributed by atoms with van der Waals surface area (Å²) in [6.07, 6.45) is 1.79. The lowest BCUT2D eigenvalue weighted by Crippen LogP contribution is -2.27. The van der Waals surface area contributed by atoms with Gasteiger partial charge in [0, 0.05) is 10.6 Å². The molecule has 0 saturated carbocycles. The molecule has 0 atom stereocenters. The molecule has 0 amide bonds. The van der Waals surface area contributed by atoms with Crippen LogP contribution in [-0.2, 0) is 14.6 Å². The number of hydrogen-bond donors (Lipinski definition) is 0. The highest BCUT2D eigenvalue weighted by Gasteiger charge is 2.02.